The number of benzene rings is 2. The van der Waals surface area contributed by atoms with Crippen molar-refractivity contribution in [3.8, 4) is 5.75 Å². The Morgan fingerprint density at radius 1 is 1.17 bits per heavy atom. The number of rotatable bonds is 4. The molecule has 1 N–H and O–H groups in total. The van der Waals surface area contributed by atoms with Gasteiger partial charge < -0.3 is 10.1 Å². The molecule has 0 spiro atoms. The molecule has 0 aliphatic rings. The standard InChI is InChI=1S/C16H13ClF3NO2/c1-10(23-12-5-3-2-4-6-12)15(22)21-14-8-7-11(17)9-13(14)16(18,19)20/h2-10H,1H3,(H,21,22)/t10-/m1/s1. The topological polar surface area (TPSA) is 38.3 Å². The molecule has 1 amide bonds. The van der Waals surface area contributed by atoms with Crippen LogP contribution in [0.25, 0.3) is 0 Å². The van der Waals surface area contributed by atoms with Gasteiger partial charge in [0, 0.05) is 5.02 Å². The molecule has 0 heterocycles. The van der Waals surface area contributed by atoms with Crippen molar-refractivity contribution in [3.05, 3.63) is 59.1 Å². The van der Waals surface area contributed by atoms with Crippen molar-refractivity contribution in [3.63, 3.8) is 0 Å². The first kappa shape index (κ1) is 17.1. The minimum Gasteiger partial charge on any atom is -0.481 e. The summed E-state index contributed by atoms with van der Waals surface area (Å²) in [5.41, 5.74) is -1.37. The molecule has 3 nitrogen and oxygen atoms in total. The maximum absolute atomic E-state index is 13.0. The van der Waals surface area contributed by atoms with Gasteiger partial charge in [-0.3, -0.25) is 4.79 Å². The predicted octanol–water partition coefficient (Wildman–Crippen LogP) is 4.76. The summed E-state index contributed by atoms with van der Waals surface area (Å²) in [7, 11) is 0. The molecule has 0 bridgehead atoms. The Balaban J connectivity index is 2.14. The molecule has 0 aliphatic carbocycles. The van der Waals surface area contributed by atoms with E-state index in [0.717, 1.165) is 12.1 Å². The summed E-state index contributed by atoms with van der Waals surface area (Å²) in [6.07, 6.45) is -5.59. The van der Waals surface area contributed by atoms with Gasteiger partial charge in [-0.2, -0.15) is 13.2 Å². The Kier molecular flexibility index (Phi) is 5.15. The molecule has 2 aromatic rings. The monoisotopic (exact) mass is 343 g/mol. The van der Waals surface area contributed by atoms with Gasteiger partial charge in [-0.25, -0.2) is 0 Å². The van der Waals surface area contributed by atoms with E-state index in [1.165, 1.54) is 13.0 Å². The summed E-state index contributed by atoms with van der Waals surface area (Å²) >= 11 is 5.59. The Bertz CT molecular complexity index is 689. The number of carbonyl (C=O) groups is 1. The fourth-order valence-electron chi connectivity index (χ4n) is 1.85. The molecule has 0 fully saturated rings. The van der Waals surface area contributed by atoms with E-state index in [-0.39, 0.29) is 10.7 Å². The first-order valence-corrected chi connectivity index (χ1v) is 7.04. The van der Waals surface area contributed by atoms with Gasteiger partial charge in [-0.15, -0.1) is 0 Å². The zero-order valence-electron chi connectivity index (χ0n) is 12.0. The number of amides is 1. The summed E-state index contributed by atoms with van der Waals surface area (Å²) in [5.74, 6) is -0.246. The number of ether oxygens (including phenoxy) is 1. The minimum atomic E-state index is -4.63. The first-order chi connectivity index (χ1) is 10.8. The number of para-hydroxylation sites is 1. The van der Waals surface area contributed by atoms with E-state index in [1.807, 2.05) is 0 Å². The third-order valence-electron chi connectivity index (χ3n) is 2.97. The van der Waals surface area contributed by atoms with Crippen LogP contribution in [0.2, 0.25) is 5.02 Å². The van der Waals surface area contributed by atoms with E-state index >= 15 is 0 Å². The lowest BCUT2D eigenvalue weighted by Crippen LogP contribution is -2.31. The highest BCUT2D eigenvalue weighted by Gasteiger charge is 2.34. The number of hydrogen-bond donors (Lipinski definition) is 1. The molecule has 0 saturated heterocycles. The first-order valence-electron chi connectivity index (χ1n) is 6.66. The van der Waals surface area contributed by atoms with E-state index < -0.39 is 23.8 Å². The van der Waals surface area contributed by atoms with Crippen LogP contribution in [0.1, 0.15) is 12.5 Å². The fraction of sp³-hybridized carbons (Fsp3) is 0.188. The molecule has 0 aliphatic heterocycles. The number of anilines is 1. The van der Waals surface area contributed by atoms with Gasteiger partial charge in [0.15, 0.2) is 6.10 Å². The molecule has 1 atom stereocenters. The Morgan fingerprint density at radius 3 is 2.43 bits per heavy atom. The summed E-state index contributed by atoms with van der Waals surface area (Å²) in [5, 5.41) is 2.16. The van der Waals surface area contributed by atoms with E-state index in [2.05, 4.69) is 5.32 Å². The fourth-order valence-corrected chi connectivity index (χ4v) is 2.02. The van der Waals surface area contributed by atoms with E-state index in [9.17, 15) is 18.0 Å². The van der Waals surface area contributed by atoms with E-state index in [0.29, 0.717) is 5.75 Å². The summed E-state index contributed by atoms with van der Waals surface area (Å²) in [6.45, 7) is 1.45. The van der Waals surface area contributed by atoms with Crippen LogP contribution < -0.4 is 10.1 Å². The second kappa shape index (κ2) is 6.91. The van der Waals surface area contributed by atoms with Crippen molar-refractivity contribution in [1.29, 1.82) is 0 Å². The highest BCUT2D eigenvalue weighted by atomic mass is 35.5. The third-order valence-corrected chi connectivity index (χ3v) is 3.21. The second-order valence-electron chi connectivity index (χ2n) is 4.75. The molecule has 0 radical (unpaired) electrons. The van der Waals surface area contributed by atoms with Crippen LogP contribution in [0.3, 0.4) is 0 Å². The lowest BCUT2D eigenvalue weighted by molar-refractivity contribution is -0.137. The summed E-state index contributed by atoms with van der Waals surface area (Å²) in [6, 6.07) is 11.7. The summed E-state index contributed by atoms with van der Waals surface area (Å²) < 4.78 is 44.3. The quantitative estimate of drug-likeness (QED) is 0.868. The van der Waals surface area contributed by atoms with Crippen LogP contribution in [-0.4, -0.2) is 12.0 Å². The van der Waals surface area contributed by atoms with Crippen LogP contribution in [-0.2, 0) is 11.0 Å². The average molecular weight is 344 g/mol. The van der Waals surface area contributed by atoms with Crippen molar-refractivity contribution in [2.45, 2.75) is 19.2 Å². The lowest BCUT2D eigenvalue weighted by Gasteiger charge is -2.17. The molecule has 2 aromatic carbocycles. The molecule has 23 heavy (non-hydrogen) atoms. The molecule has 122 valence electrons. The zero-order chi connectivity index (χ0) is 17.0. The van der Waals surface area contributed by atoms with Gasteiger partial charge in [0.1, 0.15) is 5.75 Å². The molecule has 2 rings (SSSR count). The maximum atomic E-state index is 13.0. The molecule has 0 saturated carbocycles. The van der Waals surface area contributed by atoms with Gasteiger partial charge in [-0.05, 0) is 37.3 Å². The van der Waals surface area contributed by atoms with Crippen LogP contribution in [0.15, 0.2) is 48.5 Å². The Hall–Kier alpha value is -2.21. The van der Waals surface area contributed by atoms with Crippen molar-refractivity contribution in [1.82, 2.24) is 0 Å². The predicted molar refractivity (Wildman–Crippen MR) is 81.6 cm³/mol. The Labute approximate surface area is 136 Å². The normalized spacial score (nSPS) is 12.6. The minimum absolute atomic E-state index is 0.0658. The molecule has 7 heteroatoms. The number of hydrogen-bond acceptors (Lipinski definition) is 2. The number of halogens is 4. The Morgan fingerprint density at radius 2 is 1.83 bits per heavy atom. The van der Waals surface area contributed by atoms with E-state index in [4.69, 9.17) is 16.3 Å². The highest BCUT2D eigenvalue weighted by molar-refractivity contribution is 6.30. The largest absolute Gasteiger partial charge is 0.481 e. The lowest BCUT2D eigenvalue weighted by atomic mass is 10.1. The molecular weight excluding hydrogens is 331 g/mol. The van der Waals surface area contributed by atoms with Gasteiger partial charge in [0.05, 0.1) is 11.3 Å². The van der Waals surface area contributed by atoms with Crippen LogP contribution in [0.5, 0.6) is 5.75 Å². The second-order valence-corrected chi connectivity index (χ2v) is 5.19. The van der Waals surface area contributed by atoms with Gasteiger partial charge in [-0.1, -0.05) is 29.8 Å². The van der Waals surface area contributed by atoms with Crippen LogP contribution >= 0.6 is 11.6 Å². The number of nitrogens with one attached hydrogen (secondary N) is 1. The van der Waals surface area contributed by atoms with Crippen molar-refractivity contribution in [2.75, 3.05) is 5.32 Å². The third kappa shape index (κ3) is 4.63. The average Bonchev–Trinajstić information content (AvgIpc) is 2.49. The molecule has 0 unspecified atom stereocenters. The van der Waals surface area contributed by atoms with Crippen LogP contribution in [0.4, 0.5) is 18.9 Å². The van der Waals surface area contributed by atoms with E-state index in [1.54, 1.807) is 30.3 Å². The van der Waals surface area contributed by atoms with Crippen molar-refractivity contribution >= 4 is 23.2 Å². The molecular formula is C16H13ClF3NO2. The van der Waals surface area contributed by atoms with Gasteiger partial charge in [0.2, 0.25) is 0 Å². The smallest absolute Gasteiger partial charge is 0.418 e. The highest BCUT2D eigenvalue weighted by Crippen LogP contribution is 2.36. The maximum Gasteiger partial charge on any atom is 0.418 e. The SMILES string of the molecule is C[C@@H](Oc1ccccc1)C(=O)Nc1ccc(Cl)cc1C(F)(F)F. The number of alkyl halides is 3. The van der Waals surface area contributed by atoms with Crippen molar-refractivity contribution < 1.29 is 22.7 Å². The molecule has 0 aromatic heterocycles. The van der Waals surface area contributed by atoms with Gasteiger partial charge in [0.25, 0.3) is 5.91 Å². The summed E-state index contributed by atoms with van der Waals surface area (Å²) in [4.78, 5) is 12.0. The van der Waals surface area contributed by atoms with Crippen molar-refractivity contribution in [2.24, 2.45) is 0 Å². The van der Waals surface area contributed by atoms with Crippen LogP contribution in [0, 0.1) is 0 Å². The van der Waals surface area contributed by atoms with Gasteiger partial charge >= 0.3 is 6.18 Å². The number of carbonyl (C=O) groups excluding carboxylic acids is 1. The zero-order valence-corrected chi connectivity index (χ0v) is 12.8.